The van der Waals surface area contributed by atoms with Gasteiger partial charge in [-0.15, -0.1) is 0 Å². The zero-order chi connectivity index (χ0) is 13.9. The van der Waals surface area contributed by atoms with Crippen molar-refractivity contribution in [1.82, 2.24) is 9.80 Å². The minimum absolute atomic E-state index is 0.102. The van der Waals surface area contributed by atoms with E-state index in [9.17, 15) is 4.39 Å². The molecule has 0 bridgehead atoms. The van der Waals surface area contributed by atoms with E-state index in [1.54, 1.807) is 12.1 Å². The third-order valence-corrected chi connectivity index (χ3v) is 4.63. The molecule has 20 heavy (non-hydrogen) atoms. The summed E-state index contributed by atoms with van der Waals surface area (Å²) in [7, 11) is 0. The number of benzene rings is 1. The first kappa shape index (κ1) is 14.0. The van der Waals surface area contributed by atoms with Crippen molar-refractivity contribution in [2.45, 2.75) is 38.4 Å². The van der Waals surface area contributed by atoms with Crippen LogP contribution in [0.5, 0.6) is 0 Å². The fourth-order valence-corrected chi connectivity index (χ4v) is 3.54. The Bertz CT molecular complexity index is 463. The van der Waals surface area contributed by atoms with Crippen LogP contribution in [-0.2, 0) is 13.1 Å². The van der Waals surface area contributed by atoms with Crippen LogP contribution in [0.25, 0.3) is 0 Å². The van der Waals surface area contributed by atoms with Crippen LogP contribution >= 0.6 is 0 Å². The Morgan fingerprint density at radius 3 is 2.90 bits per heavy atom. The number of fused-ring (bicyclic) bond motifs is 1. The largest absolute Gasteiger partial charge is 0.326 e. The molecule has 0 radical (unpaired) electrons. The van der Waals surface area contributed by atoms with Crippen molar-refractivity contribution in [3.63, 3.8) is 0 Å². The molecule has 4 heteroatoms. The first-order valence-electron chi connectivity index (χ1n) is 7.70. The molecule has 2 fully saturated rings. The molecule has 0 amide bonds. The molecule has 1 atom stereocenters. The minimum atomic E-state index is -0.102. The molecule has 2 saturated heterocycles. The number of hydrogen-bond acceptors (Lipinski definition) is 3. The first-order chi connectivity index (χ1) is 9.76. The molecule has 1 aromatic rings. The summed E-state index contributed by atoms with van der Waals surface area (Å²) < 4.78 is 14.0. The third-order valence-electron chi connectivity index (χ3n) is 4.63. The molecule has 1 aromatic carbocycles. The van der Waals surface area contributed by atoms with Crippen LogP contribution in [0.1, 0.15) is 30.4 Å². The van der Waals surface area contributed by atoms with Crippen LogP contribution in [0, 0.1) is 5.82 Å². The van der Waals surface area contributed by atoms with E-state index in [0.29, 0.717) is 19.1 Å². The summed E-state index contributed by atoms with van der Waals surface area (Å²) >= 11 is 0. The van der Waals surface area contributed by atoms with E-state index in [4.69, 9.17) is 5.73 Å². The molecule has 2 N–H and O–H groups in total. The Morgan fingerprint density at radius 1 is 1.20 bits per heavy atom. The monoisotopic (exact) mass is 277 g/mol. The molecule has 0 aromatic heterocycles. The lowest BCUT2D eigenvalue weighted by Gasteiger charge is -2.25. The molecule has 3 rings (SSSR count). The molecular weight excluding hydrogens is 253 g/mol. The summed E-state index contributed by atoms with van der Waals surface area (Å²) in [5.41, 5.74) is 7.46. The maximum Gasteiger partial charge on any atom is 0.127 e. The van der Waals surface area contributed by atoms with Crippen LogP contribution in [0.3, 0.4) is 0 Å². The average Bonchev–Trinajstić information content (AvgIpc) is 2.80. The number of nitrogens with zero attached hydrogens (tertiary/aromatic N) is 2. The number of halogens is 1. The first-order valence-corrected chi connectivity index (χ1v) is 7.70. The van der Waals surface area contributed by atoms with E-state index >= 15 is 0 Å². The zero-order valence-electron chi connectivity index (χ0n) is 12.0. The van der Waals surface area contributed by atoms with Crippen LogP contribution < -0.4 is 5.73 Å². The SMILES string of the molecule is NCc1ccc(F)c(CN2CCCN3CCCC3C2)c1. The van der Waals surface area contributed by atoms with E-state index in [1.165, 1.54) is 32.4 Å². The van der Waals surface area contributed by atoms with Gasteiger partial charge < -0.3 is 5.73 Å². The fraction of sp³-hybridized carbons (Fsp3) is 0.625. The number of hydrogen-bond donors (Lipinski definition) is 1. The summed E-state index contributed by atoms with van der Waals surface area (Å²) in [5, 5.41) is 0. The van der Waals surface area contributed by atoms with Gasteiger partial charge in [0.2, 0.25) is 0 Å². The topological polar surface area (TPSA) is 32.5 Å². The van der Waals surface area contributed by atoms with Gasteiger partial charge in [0.05, 0.1) is 0 Å². The van der Waals surface area contributed by atoms with Crippen LogP contribution in [0.2, 0.25) is 0 Å². The summed E-state index contributed by atoms with van der Waals surface area (Å²) in [6, 6.07) is 5.93. The van der Waals surface area contributed by atoms with Crippen molar-refractivity contribution < 1.29 is 4.39 Å². The quantitative estimate of drug-likeness (QED) is 0.916. The Kier molecular flexibility index (Phi) is 4.34. The highest BCUT2D eigenvalue weighted by molar-refractivity contribution is 5.25. The normalized spacial score (nSPS) is 24.6. The lowest BCUT2D eigenvalue weighted by Crippen LogP contribution is -2.36. The molecule has 2 heterocycles. The Balaban J connectivity index is 1.70. The molecule has 2 aliphatic heterocycles. The lowest BCUT2D eigenvalue weighted by molar-refractivity contribution is 0.214. The van der Waals surface area contributed by atoms with Crippen molar-refractivity contribution >= 4 is 0 Å². The van der Waals surface area contributed by atoms with Crippen LogP contribution in [0.15, 0.2) is 18.2 Å². The van der Waals surface area contributed by atoms with Gasteiger partial charge in [-0.05, 0) is 50.5 Å². The smallest absolute Gasteiger partial charge is 0.127 e. The number of rotatable bonds is 3. The molecule has 0 aliphatic carbocycles. The molecule has 0 spiro atoms. The predicted molar refractivity (Wildman–Crippen MR) is 78.8 cm³/mol. The van der Waals surface area contributed by atoms with Gasteiger partial charge in [-0.3, -0.25) is 9.80 Å². The van der Waals surface area contributed by atoms with Gasteiger partial charge in [0, 0.05) is 31.2 Å². The summed E-state index contributed by atoms with van der Waals surface area (Å²) in [5.74, 6) is -0.102. The second-order valence-corrected chi connectivity index (χ2v) is 6.05. The summed E-state index contributed by atoms with van der Waals surface area (Å²) in [4.78, 5) is 5.02. The highest BCUT2D eigenvalue weighted by Gasteiger charge is 2.28. The van der Waals surface area contributed by atoms with Crippen molar-refractivity contribution in [2.75, 3.05) is 26.2 Å². The molecule has 2 aliphatic rings. The maximum absolute atomic E-state index is 14.0. The van der Waals surface area contributed by atoms with Crippen LogP contribution in [-0.4, -0.2) is 42.0 Å². The predicted octanol–water partition coefficient (Wildman–Crippen LogP) is 1.95. The van der Waals surface area contributed by atoms with Crippen LogP contribution in [0.4, 0.5) is 4.39 Å². The second-order valence-electron chi connectivity index (χ2n) is 6.05. The molecular formula is C16H24FN3. The highest BCUT2D eigenvalue weighted by atomic mass is 19.1. The molecule has 0 saturated carbocycles. The van der Waals surface area contributed by atoms with Gasteiger partial charge in [0.25, 0.3) is 0 Å². The van der Waals surface area contributed by atoms with E-state index in [-0.39, 0.29) is 5.82 Å². The highest BCUT2D eigenvalue weighted by Crippen LogP contribution is 2.23. The Labute approximate surface area is 120 Å². The van der Waals surface area contributed by atoms with Gasteiger partial charge in [-0.25, -0.2) is 4.39 Å². The van der Waals surface area contributed by atoms with E-state index in [0.717, 1.165) is 24.2 Å². The second kappa shape index (κ2) is 6.20. The van der Waals surface area contributed by atoms with E-state index in [2.05, 4.69) is 9.80 Å². The zero-order valence-corrected chi connectivity index (χ0v) is 12.0. The van der Waals surface area contributed by atoms with Gasteiger partial charge in [-0.1, -0.05) is 12.1 Å². The van der Waals surface area contributed by atoms with Gasteiger partial charge in [-0.2, -0.15) is 0 Å². The Morgan fingerprint density at radius 2 is 2.05 bits per heavy atom. The molecule has 110 valence electrons. The summed E-state index contributed by atoms with van der Waals surface area (Å²) in [6.45, 7) is 5.78. The Hall–Kier alpha value is -0.970. The standard InChI is InChI=1S/C16H24FN3/c17-16-5-4-13(10-18)9-14(16)11-19-6-2-8-20-7-1-3-15(20)12-19/h4-5,9,15H,1-3,6-8,10-12,18H2. The van der Waals surface area contributed by atoms with Crippen molar-refractivity contribution in [3.05, 3.63) is 35.1 Å². The maximum atomic E-state index is 14.0. The molecule has 3 nitrogen and oxygen atoms in total. The van der Waals surface area contributed by atoms with Gasteiger partial charge in [0.15, 0.2) is 0 Å². The minimum Gasteiger partial charge on any atom is -0.326 e. The van der Waals surface area contributed by atoms with E-state index < -0.39 is 0 Å². The van der Waals surface area contributed by atoms with Gasteiger partial charge >= 0.3 is 0 Å². The van der Waals surface area contributed by atoms with Gasteiger partial charge in [0.1, 0.15) is 5.82 Å². The van der Waals surface area contributed by atoms with E-state index in [1.807, 2.05) is 6.07 Å². The fourth-order valence-electron chi connectivity index (χ4n) is 3.54. The summed E-state index contributed by atoms with van der Waals surface area (Å²) in [6.07, 6.45) is 3.80. The molecule has 1 unspecified atom stereocenters. The lowest BCUT2D eigenvalue weighted by atomic mass is 10.1. The number of nitrogens with two attached hydrogens (primary N) is 1. The van der Waals surface area contributed by atoms with Crippen molar-refractivity contribution in [1.29, 1.82) is 0 Å². The third kappa shape index (κ3) is 3.03. The van der Waals surface area contributed by atoms with Crippen molar-refractivity contribution in [3.8, 4) is 0 Å². The van der Waals surface area contributed by atoms with Crippen molar-refractivity contribution in [2.24, 2.45) is 5.73 Å². The average molecular weight is 277 g/mol.